The van der Waals surface area contributed by atoms with E-state index in [-0.39, 0.29) is 6.04 Å². The second kappa shape index (κ2) is 5.71. The van der Waals surface area contributed by atoms with Gasteiger partial charge in [-0.3, -0.25) is 4.40 Å². The van der Waals surface area contributed by atoms with E-state index in [1.54, 1.807) is 18.4 Å². The SMILES string of the molecule is COCCN(c1nc2sccn2c1CC(C)N)C1CC1. The van der Waals surface area contributed by atoms with Gasteiger partial charge in [0.2, 0.25) is 0 Å². The summed E-state index contributed by atoms with van der Waals surface area (Å²) in [5.41, 5.74) is 7.26. The molecule has 1 atom stereocenters. The molecular weight excluding hydrogens is 272 g/mol. The average molecular weight is 294 g/mol. The van der Waals surface area contributed by atoms with Crippen LogP contribution in [0.5, 0.6) is 0 Å². The second-order valence-electron chi connectivity index (χ2n) is 5.54. The predicted molar refractivity (Wildman–Crippen MR) is 82.7 cm³/mol. The molecule has 6 heteroatoms. The highest BCUT2D eigenvalue weighted by Gasteiger charge is 2.32. The van der Waals surface area contributed by atoms with Gasteiger partial charge in [-0.05, 0) is 19.8 Å². The van der Waals surface area contributed by atoms with Gasteiger partial charge in [-0.25, -0.2) is 4.98 Å². The highest BCUT2D eigenvalue weighted by Crippen LogP contribution is 2.34. The van der Waals surface area contributed by atoms with Crippen LogP contribution in [0.25, 0.3) is 4.96 Å². The van der Waals surface area contributed by atoms with E-state index in [0.29, 0.717) is 6.04 Å². The molecule has 0 aliphatic heterocycles. The van der Waals surface area contributed by atoms with E-state index in [9.17, 15) is 0 Å². The van der Waals surface area contributed by atoms with Gasteiger partial charge in [0, 0.05) is 43.7 Å². The maximum atomic E-state index is 6.02. The molecule has 0 spiro atoms. The van der Waals surface area contributed by atoms with E-state index in [1.807, 2.05) is 6.92 Å². The van der Waals surface area contributed by atoms with Gasteiger partial charge in [-0.1, -0.05) is 0 Å². The summed E-state index contributed by atoms with van der Waals surface area (Å²) >= 11 is 1.68. The number of anilines is 1. The summed E-state index contributed by atoms with van der Waals surface area (Å²) in [5.74, 6) is 1.11. The smallest absolute Gasteiger partial charge is 0.195 e. The Labute approximate surface area is 123 Å². The minimum atomic E-state index is 0.136. The van der Waals surface area contributed by atoms with Crippen LogP contribution in [0.3, 0.4) is 0 Å². The fourth-order valence-corrected chi connectivity index (χ4v) is 3.31. The lowest BCUT2D eigenvalue weighted by Gasteiger charge is -2.23. The Kier molecular flexibility index (Phi) is 3.96. The zero-order valence-electron chi connectivity index (χ0n) is 12.1. The van der Waals surface area contributed by atoms with Crippen molar-refractivity contribution < 1.29 is 4.74 Å². The van der Waals surface area contributed by atoms with E-state index < -0.39 is 0 Å². The van der Waals surface area contributed by atoms with Crippen molar-refractivity contribution in [2.24, 2.45) is 5.73 Å². The molecule has 1 fully saturated rings. The lowest BCUT2D eigenvalue weighted by Crippen LogP contribution is -2.31. The number of hydrogen-bond acceptors (Lipinski definition) is 5. The molecule has 0 aromatic carbocycles. The third-order valence-corrected chi connectivity index (χ3v) is 4.41. The zero-order chi connectivity index (χ0) is 14.1. The summed E-state index contributed by atoms with van der Waals surface area (Å²) in [6.45, 7) is 3.68. The quantitative estimate of drug-likeness (QED) is 0.847. The molecule has 1 unspecified atom stereocenters. The maximum absolute atomic E-state index is 6.02. The molecular formula is C14H22N4OS. The van der Waals surface area contributed by atoms with Crippen LogP contribution in [0.2, 0.25) is 0 Å². The molecule has 3 rings (SSSR count). The number of imidazole rings is 1. The molecule has 2 heterocycles. The van der Waals surface area contributed by atoms with Crippen molar-refractivity contribution in [3.8, 4) is 0 Å². The summed E-state index contributed by atoms with van der Waals surface area (Å²) in [7, 11) is 1.75. The molecule has 5 nitrogen and oxygen atoms in total. The summed E-state index contributed by atoms with van der Waals surface area (Å²) in [5, 5.41) is 2.08. The van der Waals surface area contributed by atoms with Gasteiger partial charge in [-0.15, -0.1) is 11.3 Å². The lowest BCUT2D eigenvalue weighted by molar-refractivity contribution is 0.204. The molecule has 0 bridgehead atoms. The fraction of sp³-hybridized carbons (Fsp3) is 0.643. The van der Waals surface area contributed by atoms with Crippen LogP contribution in [0.1, 0.15) is 25.5 Å². The van der Waals surface area contributed by atoms with Gasteiger partial charge >= 0.3 is 0 Å². The zero-order valence-corrected chi connectivity index (χ0v) is 12.9. The number of nitrogens with two attached hydrogens (primary N) is 1. The Morgan fingerprint density at radius 3 is 3.05 bits per heavy atom. The van der Waals surface area contributed by atoms with Crippen molar-refractivity contribution in [3.05, 3.63) is 17.3 Å². The number of ether oxygens (including phenoxy) is 1. The van der Waals surface area contributed by atoms with E-state index in [4.69, 9.17) is 15.5 Å². The summed E-state index contributed by atoms with van der Waals surface area (Å²) in [6.07, 6.45) is 5.46. The van der Waals surface area contributed by atoms with Gasteiger partial charge in [0.05, 0.1) is 12.3 Å². The predicted octanol–water partition coefficient (Wildman–Crippen LogP) is 1.90. The Bertz CT molecular complexity index is 573. The van der Waals surface area contributed by atoms with Crippen molar-refractivity contribution in [2.45, 2.75) is 38.3 Å². The molecule has 0 amide bonds. The molecule has 1 saturated carbocycles. The van der Waals surface area contributed by atoms with Gasteiger partial charge in [-0.2, -0.15) is 0 Å². The first kappa shape index (κ1) is 13.9. The third kappa shape index (κ3) is 2.68. The first-order valence-corrected chi connectivity index (χ1v) is 8.04. The highest BCUT2D eigenvalue weighted by molar-refractivity contribution is 7.15. The standard InChI is InChI=1S/C14H22N4OS/c1-10(15)9-12-13(16-14-18(12)6-8-20-14)17(5-7-19-2)11-3-4-11/h6,8,10-11H,3-5,7,9,15H2,1-2H3. The van der Waals surface area contributed by atoms with E-state index in [0.717, 1.165) is 30.4 Å². The second-order valence-corrected chi connectivity index (χ2v) is 6.41. The number of thiazole rings is 1. The van der Waals surface area contributed by atoms with E-state index >= 15 is 0 Å². The Balaban J connectivity index is 1.96. The molecule has 2 N–H and O–H groups in total. The van der Waals surface area contributed by atoms with Crippen LogP contribution >= 0.6 is 11.3 Å². The van der Waals surface area contributed by atoms with Gasteiger partial charge in [0.1, 0.15) is 0 Å². The largest absolute Gasteiger partial charge is 0.383 e. The maximum Gasteiger partial charge on any atom is 0.195 e. The molecule has 2 aromatic rings. The number of nitrogens with zero attached hydrogens (tertiary/aromatic N) is 3. The number of hydrogen-bond donors (Lipinski definition) is 1. The van der Waals surface area contributed by atoms with Crippen LogP contribution < -0.4 is 10.6 Å². The first-order valence-electron chi connectivity index (χ1n) is 7.16. The summed E-state index contributed by atoms with van der Waals surface area (Å²) < 4.78 is 7.44. The Morgan fingerprint density at radius 1 is 1.60 bits per heavy atom. The number of fused-ring (bicyclic) bond motifs is 1. The average Bonchev–Trinajstić information content (AvgIpc) is 3.04. The molecule has 110 valence electrons. The van der Waals surface area contributed by atoms with Crippen molar-refractivity contribution in [1.29, 1.82) is 0 Å². The lowest BCUT2D eigenvalue weighted by atomic mass is 10.2. The van der Waals surface area contributed by atoms with Crippen molar-refractivity contribution in [1.82, 2.24) is 9.38 Å². The van der Waals surface area contributed by atoms with Crippen LogP contribution in [-0.4, -0.2) is 41.7 Å². The minimum Gasteiger partial charge on any atom is -0.383 e. The molecule has 0 saturated heterocycles. The summed E-state index contributed by atoms with van der Waals surface area (Å²) in [4.78, 5) is 8.29. The normalized spacial score (nSPS) is 16.8. The monoisotopic (exact) mass is 294 g/mol. The summed E-state index contributed by atoms with van der Waals surface area (Å²) in [6, 6.07) is 0.763. The molecule has 0 radical (unpaired) electrons. The Hall–Kier alpha value is -1.11. The van der Waals surface area contributed by atoms with Crippen LogP contribution in [0.15, 0.2) is 11.6 Å². The van der Waals surface area contributed by atoms with Gasteiger partial charge in [0.15, 0.2) is 10.8 Å². The topological polar surface area (TPSA) is 55.8 Å². The third-order valence-electron chi connectivity index (χ3n) is 3.65. The molecule has 2 aromatic heterocycles. The van der Waals surface area contributed by atoms with E-state index in [2.05, 4.69) is 20.9 Å². The fourth-order valence-electron chi connectivity index (χ4n) is 2.58. The van der Waals surface area contributed by atoms with Crippen molar-refractivity contribution in [2.75, 3.05) is 25.2 Å². The Morgan fingerprint density at radius 2 is 2.40 bits per heavy atom. The first-order chi connectivity index (χ1) is 9.70. The van der Waals surface area contributed by atoms with Gasteiger partial charge < -0.3 is 15.4 Å². The van der Waals surface area contributed by atoms with Crippen LogP contribution in [0.4, 0.5) is 5.82 Å². The van der Waals surface area contributed by atoms with Crippen molar-refractivity contribution >= 4 is 22.1 Å². The molecule has 1 aliphatic rings. The van der Waals surface area contributed by atoms with Crippen LogP contribution in [-0.2, 0) is 11.2 Å². The molecule has 20 heavy (non-hydrogen) atoms. The number of methoxy groups -OCH3 is 1. The van der Waals surface area contributed by atoms with Crippen molar-refractivity contribution in [3.63, 3.8) is 0 Å². The minimum absolute atomic E-state index is 0.136. The van der Waals surface area contributed by atoms with Crippen LogP contribution in [0, 0.1) is 0 Å². The molecule has 1 aliphatic carbocycles. The highest BCUT2D eigenvalue weighted by atomic mass is 32.1. The van der Waals surface area contributed by atoms with E-state index in [1.165, 1.54) is 18.5 Å². The van der Waals surface area contributed by atoms with Gasteiger partial charge in [0.25, 0.3) is 0 Å². The number of rotatable bonds is 7. The number of aromatic nitrogens is 2.